The molecule has 0 fully saturated rings. The Labute approximate surface area is 164 Å². The maximum absolute atomic E-state index is 12.5. The summed E-state index contributed by atoms with van der Waals surface area (Å²) in [5.74, 6) is 0.819. The molecule has 4 N–H and O–H groups in total. The number of carbonyl (C=O) groups excluding carboxylic acids is 1. The number of rotatable bonds is 6. The molecule has 1 aromatic carbocycles. The van der Waals surface area contributed by atoms with E-state index in [1.165, 1.54) is 0 Å². The molecule has 1 atom stereocenters. The number of amides is 1. The minimum Gasteiger partial charge on any atom is -0.368 e. The van der Waals surface area contributed by atoms with Gasteiger partial charge in [0.15, 0.2) is 0 Å². The van der Waals surface area contributed by atoms with Gasteiger partial charge in [-0.15, -0.1) is 0 Å². The average molecular weight is 379 g/mol. The van der Waals surface area contributed by atoms with Gasteiger partial charge in [-0.1, -0.05) is 12.1 Å². The third-order valence-electron chi connectivity index (χ3n) is 4.28. The Morgan fingerprint density at radius 1 is 1.21 bits per heavy atom. The Bertz CT molecular complexity index is 963. The van der Waals surface area contributed by atoms with E-state index in [-0.39, 0.29) is 17.9 Å². The van der Waals surface area contributed by atoms with Crippen LogP contribution in [0.25, 0.3) is 11.3 Å². The van der Waals surface area contributed by atoms with Crippen LogP contribution in [0.4, 0.5) is 11.8 Å². The number of H-pyrrole nitrogens is 1. The topological polar surface area (TPSA) is 113 Å². The summed E-state index contributed by atoms with van der Waals surface area (Å²) in [7, 11) is 3.79. The fourth-order valence-electron chi connectivity index (χ4n) is 2.87. The fourth-order valence-corrected chi connectivity index (χ4v) is 2.87. The minimum absolute atomic E-state index is 0.0285. The number of aromatic amines is 1. The second-order valence-electron chi connectivity index (χ2n) is 7.06. The Hall–Kier alpha value is -3.42. The molecule has 0 aliphatic rings. The molecule has 0 saturated heterocycles. The lowest BCUT2D eigenvalue weighted by Crippen LogP contribution is -2.34. The van der Waals surface area contributed by atoms with E-state index < -0.39 is 0 Å². The van der Waals surface area contributed by atoms with Crippen molar-refractivity contribution in [1.29, 1.82) is 0 Å². The summed E-state index contributed by atoms with van der Waals surface area (Å²) >= 11 is 0. The van der Waals surface area contributed by atoms with Gasteiger partial charge in [0.05, 0.1) is 11.4 Å². The Kier molecular flexibility index (Phi) is 5.58. The zero-order valence-corrected chi connectivity index (χ0v) is 16.5. The number of hydrogen-bond donors (Lipinski definition) is 3. The lowest BCUT2D eigenvalue weighted by Gasteiger charge is -2.14. The van der Waals surface area contributed by atoms with Crippen molar-refractivity contribution in [3.8, 4) is 11.3 Å². The van der Waals surface area contributed by atoms with Crippen molar-refractivity contribution in [2.24, 2.45) is 0 Å². The monoisotopic (exact) mass is 379 g/mol. The maximum atomic E-state index is 12.5. The molecule has 2 heterocycles. The predicted octanol–water partition coefficient (Wildman–Crippen LogP) is 2.18. The highest BCUT2D eigenvalue weighted by molar-refractivity contribution is 5.94. The van der Waals surface area contributed by atoms with E-state index in [4.69, 9.17) is 5.73 Å². The van der Waals surface area contributed by atoms with Crippen molar-refractivity contribution >= 4 is 17.7 Å². The summed E-state index contributed by atoms with van der Waals surface area (Å²) in [6, 6.07) is 11.1. The number of nitrogen functional groups attached to an aromatic ring is 1. The van der Waals surface area contributed by atoms with E-state index in [9.17, 15) is 4.79 Å². The van der Waals surface area contributed by atoms with E-state index >= 15 is 0 Å². The Morgan fingerprint density at radius 3 is 2.54 bits per heavy atom. The van der Waals surface area contributed by atoms with Crippen molar-refractivity contribution in [2.45, 2.75) is 26.3 Å². The van der Waals surface area contributed by atoms with Crippen LogP contribution in [-0.2, 0) is 6.42 Å². The molecule has 0 aliphatic heterocycles. The van der Waals surface area contributed by atoms with Gasteiger partial charge in [-0.2, -0.15) is 10.1 Å². The van der Waals surface area contributed by atoms with Crippen molar-refractivity contribution in [3.63, 3.8) is 0 Å². The molecule has 146 valence electrons. The van der Waals surface area contributed by atoms with Crippen molar-refractivity contribution in [2.75, 3.05) is 24.7 Å². The highest BCUT2D eigenvalue weighted by atomic mass is 16.1. The van der Waals surface area contributed by atoms with E-state index in [1.54, 1.807) is 12.1 Å². The molecule has 0 unspecified atom stereocenters. The van der Waals surface area contributed by atoms with Crippen LogP contribution in [0.2, 0.25) is 0 Å². The number of aromatic nitrogens is 4. The molecule has 2 aromatic heterocycles. The molecular formula is C20H25N7O. The van der Waals surface area contributed by atoms with Gasteiger partial charge in [0.2, 0.25) is 5.95 Å². The molecule has 0 saturated carbocycles. The number of carbonyl (C=O) groups is 1. The standard InChI is InChI=1S/C20H25N7O/c1-12(9-16-10-13(2)25-26-16)22-19(28)15-7-5-14(6-8-15)17-11-18(27(3)4)24-20(21)23-17/h5-8,10-12H,9H2,1-4H3,(H,22,28)(H,25,26)(H2,21,23,24)/t12-/m1/s1. The molecule has 8 heteroatoms. The number of nitrogens with one attached hydrogen (secondary N) is 2. The molecule has 3 rings (SSSR count). The summed E-state index contributed by atoms with van der Waals surface area (Å²) in [6.45, 7) is 3.91. The molecule has 8 nitrogen and oxygen atoms in total. The second-order valence-corrected chi connectivity index (χ2v) is 7.06. The molecule has 28 heavy (non-hydrogen) atoms. The molecular weight excluding hydrogens is 354 g/mol. The summed E-state index contributed by atoms with van der Waals surface area (Å²) in [5, 5.41) is 10.1. The number of nitrogens with two attached hydrogens (primary N) is 1. The van der Waals surface area contributed by atoms with Crippen LogP contribution in [0, 0.1) is 6.92 Å². The summed E-state index contributed by atoms with van der Waals surface area (Å²) in [5.41, 5.74) is 9.92. The first kappa shape index (κ1) is 19.3. The predicted molar refractivity (Wildman–Crippen MR) is 110 cm³/mol. The second kappa shape index (κ2) is 8.08. The number of aryl methyl sites for hydroxylation is 1. The number of anilines is 2. The van der Waals surface area contributed by atoms with Gasteiger partial charge in [-0.05, 0) is 32.0 Å². The quantitative estimate of drug-likeness (QED) is 0.605. The summed E-state index contributed by atoms with van der Waals surface area (Å²) < 4.78 is 0. The van der Waals surface area contributed by atoms with Gasteiger partial charge in [0, 0.05) is 49.4 Å². The molecule has 0 radical (unpaired) electrons. The highest BCUT2D eigenvalue weighted by Crippen LogP contribution is 2.22. The van der Waals surface area contributed by atoms with E-state index in [0.29, 0.717) is 17.7 Å². The first-order valence-electron chi connectivity index (χ1n) is 9.06. The lowest BCUT2D eigenvalue weighted by atomic mass is 10.1. The first-order chi connectivity index (χ1) is 13.3. The number of hydrogen-bond acceptors (Lipinski definition) is 6. The first-order valence-corrected chi connectivity index (χ1v) is 9.06. The zero-order chi connectivity index (χ0) is 20.3. The van der Waals surface area contributed by atoms with Crippen molar-refractivity contribution in [3.05, 3.63) is 53.3 Å². The third-order valence-corrected chi connectivity index (χ3v) is 4.28. The van der Waals surface area contributed by atoms with Gasteiger partial charge < -0.3 is 16.0 Å². The minimum atomic E-state index is -0.123. The SMILES string of the molecule is Cc1cc(C[C@@H](C)NC(=O)c2ccc(-c3cc(N(C)C)nc(N)n3)cc2)n[nH]1. The normalized spacial score (nSPS) is 11.9. The van der Waals surface area contributed by atoms with Crippen LogP contribution in [0.1, 0.15) is 28.7 Å². The maximum Gasteiger partial charge on any atom is 0.251 e. The smallest absolute Gasteiger partial charge is 0.251 e. The highest BCUT2D eigenvalue weighted by Gasteiger charge is 2.13. The van der Waals surface area contributed by atoms with Crippen molar-refractivity contribution in [1.82, 2.24) is 25.5 Å². The Balaban J connectivity index is 1.69. The largest absolute Gasteiger partial charge is 0.368 e. The van der Waals surface area contributed by atoms with E-state index in [2.05, 4.69) is 25.5 Å². The number of nitrogens with zero attached hydrogens (tertiary/aromatic N) is 4. The third kappa shape index (κ3) is 4.64. The van der Waals surface area contributed by atoms with Crippen LogP contribution >= 0.6 is 0 Å². The fraction of sp³-hybridized carbons (Fsp3) is 0.300. The van der Waals surface area contributed by atoms with E-state index in [0.717, 1.165) is 22.8 Å². The van der Waals surface area contributed by atoms with Crippen LogP contribution in [-0.4, -0.2) is 46.2 Å². The van der Waals surface area contributed by atoms with Crippen molar-refractivity contribution < 1.29 is 4.79 Å². The van der Waals surface area contributed by atoms with Gasteiger partial charge >= 0.3 is 0 Å². The van der Waals surface area contributed by atoms with Gasteiger partial charge in [-0.25, -0.2) is 4.98 Å². The lowest BCUT2D eigenvalue weighted by molar-refractivity contribution is 0.0940. The Morgan fingerprint density at radius 2 is 1.93 bits per heavy atom. The summed E-state index contributed by atoms with van der Waals surface area (Å²) in [6.07, 6.45) is 0.668. The van der Waals surface area contributed by atoms with Gasteiger partial charge in [0.25, 0.3) is 5.91 Å². The molecule has 1 amide bonds. The molecule has 0 aliphatic carbocycles. The van der Waals surface area contributed by atoms with Crippen LogP contribution in [0.3, 0.4) is 0 Å². The average Bonchev–Trinajstić information content (AvgIpc) is 3.05. The van der Waals surface area contributed by atoms with E-state index in [1.807, 2.05) is 57.1 Å². The van der Waals surface area contributed by atoms with Gasteiger partial charge in [0.1, 0.15) is 5.82 Å². The van der Waals surface area contributed by atoms with Crippen LogP contribution < -0.4 is 16.0 Å². The van der Waals surface area contributed by atoms with Gasteiger partial charge in [-0.3, -0.25) is 9.89 Å². The van der Waals surface area contributed by atoms with Crippen LogP contribution in [0.5, 0.6) is 0 Å². The zero-order valence-electron chi connectivity index (χ0n) is 16.5. The molecule has 3 aromatic rings. The summed E-state index contributed by atoms with van der Waals surface area (Å²) in [4.78, 5) is 22.9. The molecule has 0 bridgehead atoms. The molecule has 0 spiro atoms. The van der Waals surface area contributed by atoms with Crippen LogP contribution in [0.15, 0.2) is 36.4 Å². The number of benzene rings is 1.